The van der Waals surface area contributed by atoms with Gasteiger partial charge in [0.15, 0.2) is 11.6 Å². The van der Waals surface area contributed by atoms with E-state index in [0.717, 1.165) is 37.8 Å². The fraction of sp³-hybridized carbons (Fsp3) is 0.455. The molecule has 8 nitrogen and oxygen atoms in total. The smallest absolute Gasteiger partial charge is 0.319 e. The molecule has 2 aromatic carbocycles. The van der Waals surface area contributed by atoms with Crippen molar-refractivity contribution < 1.29 is 22.7 Å². The molecule has 1 saturated carbocycles. The van der Waals surface area contributed by atoms with Gasteiger partial charge in [0, 0.05) is 31.1 Å². The number of carbonyl (C=O) groups is 1. The second kappa shape index (κ2) is 11.1. The zero-order valence-corrected chi connectivity index (χ0v) is 24.5. The van der Waals surface area contributed by atoms with Gasteiger partial charge in [-0.3, -0.25) is 4.79 Å². The van der Waals surface area contributed by atoms with Crippen molar-refractivity contribution in [2.24, 2.45) is 5.92 Å². The van der Waals surface area contributed by atoms with E-state index >= 15 is 8.78 Å². The van der Waals surface area contributed by atoms with Crippen LogP contribution in [0.1, 0.15) is 42.7 Å². The van der Waals surface area contributed by atoms with Gasteiger partial charge in [0.1, 0.15) is 23.8 Å². The second-order valence-corrected chi connectivity index (χ2v) is 12.4. The minimum Gasteiger partial charge on any atom is -0.462 e. The second-order valence-electron chi connectivity index (χ2n) is 12.4. The van der Waals surface area contributed by atoms with Gasteiger partial charge in [0.2, 0.25) is 0 Å². The highest BCUT2D eigenvalue weighted by atomic mass is 19.1. The number of anilines is 1. The van der Waals surface area contributed by atoms with Crippen LogP contribution in [0.15, 0.2) is 36.7 Å². The Labute approximate surface area is 253 Å². The Morgan fingerprint density at radius 1 is 1.20 bits per heavy atom. The first-order valence-corrected chi connectivity index (χ1v) is 15.2. The van der Waals surface area contributed by atoms with Crippen molar-refractivity contribution in [3.8, 4) is 23.2 Å². The summed E-state index contributed by atoms with van der Waals surface area (Å²) in [6.45, 7) is 4.74. The molecule has 0 unspecified atom stereocenters. The van der Waals surface area contributed by atoms with E-state index in [1.807, 2.05) is 13.1 Å². The lowest BCUT2D eigenvalue weighted by Gasteiger charge is -2.41. The quantitative estimate of drug-likeness (QED) is 0.347. The topological polar surface area (TPSA) is 85.6 Å². The number of amides is 1. The number of aromatic nitrogens is 2. The van der Waals surface area contributed by atoms with Crippen LogP contribution in [-0.4, -0.2) is 77.6 Å². The molecule has 0 N–H and O–H groups in total. The lowest BCUT2D eigenvalue weighted by Crippen LogP contribution is -2.55. The standard InChI is InChI=1S/C33H33F3N6O2/c1-18(34)32(43)42-12-11-41(16-20(42)8-9-37)31-26-15-27(35)28(23-7-3-6-22-24-13-19(24)14-25(22)23)29(36)30(26)38-33(39-31)44-17-21-5-4-10-40(21)2/h3,6-7,15,19-21,24H,1,4-5,8,10-14,16-17H2,2H3/t19-,20-,21-,24-/m0/s1. The molecule has 1 aromatic heterocycles. The highest BCUT2D eigenvalue weighted by Crippen LogP contribution is 2.58. The van der Waals surface area contributed by atoms with Gasteiger partial charge < -0.3 is 19.4 Å². The van der Waals surface area contributed by atoms with Crippen LogP contribution in [0.2, 0.25) is 0 Å². The van der Waals surface area contributed by atoms with Crippen molar-refractivity contribution in [3.05, 3.63) is 59.4 Å². The molecule has 228 valence electrons. The highest BCUT2D eigenvalue weighted by molar-refractivity contribution is 5.95. The van der Waals surface area contributed by atoms with Crippen molar-refractivity contribution in [3.63, 3.8) is 0 Å². The largest absolute Gasteiger partial charge is 0.462 e. The normalized spacial score (nSPS) is 24.2. The van der Waals surface area contributed by atoms with E-state index in [9.17, 15) is 14.4 Å². The molecule has 1 amide bonds. The molecule has 0 radical (unpaired) electrons. The maximum atomic E-state index is 16.6. The zero-order valence-electron chi connectivity index (χ0n) is 24.5. The van der Waals surface area contributed by atoms with E-state index in [2.05, 4.69) is 33.6 Å². The Kier molecular flexibility index (Phi) is 7.20. The molecule has 0 spiro atoms. The Balaban J connectivity index is 1.32. The van der Waals surface area contributed by atoms with Crippen molar-refractivity contribution in [2.75, 3.05) is 44.7 Å². The summed E-state index contributed by atoms with van der Waals surface area (Å²) in [5.74, 6) is -2.23. The highest BCUT2D eigenvalue weighted by Gasteiger charge is 2.46. The number of ether oxygens (including phenoxy) is 1. The summed E-state index contributed by atoms with van der Waals surface area (Å²) in [4.78, 5) is 26.8. The van der Waals surface area contributed by atoms with E-state index in [-0.39, 0.29) is 60.4 Å². The van der Waals surface area contributed by atoms with E-state index in [1.165, 1.54) is 16.5 Å². The predicted octanol–water partition coefficient (Wildman–Crippen LogP) is 5.12. The summed E-state index contributed by atoms with van der Waals surface area (Å²) < 4.78 is 52.5. The maximum absolute atomic E-state index is 16.6. The number of hydrogen-bond donors (Lipinski definition) is 0. The number of nitriles is 1. The fourth-order valence-electron chi connectivity index (χ4n) is 7.35. The van der Waals surface area contributed by atoms with E-state index < -0.39 is 29.4 Å². The predicted molar refractivity (Wildman–Crippen MR) is 159 cm³/mol. The fourth-order valence-corrected chi connectivity index (χ4v) is 7.35. The monoisotopic (exact) mass is 602 g/mol. The number of piperazine rings is 1. The molecular formula is C33H33F3N6O2. The Morgan fingerprint density at radius 3 is 2.80 bits per heavy atom. The molecule has 3 fully saturated rings. The molecule has 44 heavy (non-hydrogen) atoms. The molecule has 4 atom stereocenters. The van der Waals surface area contributed by atoms with Crippen molar-refractivity contribution in [1.29, 1.82) is 5.26 Å². The number of halogens is 3. The maximum Gasteiger partial charge on any atom is 0.319 e. The van der Waals surface area contributed by atoms with Gasteiger partial charge in [0.05, 0.1) is 24.1 Å². The number of hydrogen-bond acceptors (Lipinski definition) is 7. The van der Waals surface area contributed by atoms with Gasteiger partial charge in [-0.2, -0.15) is 15.2 Å². The number of nitrogens with zero attached hydrogens (tertiary/aromatic N) is 6. The minimum absolute atomic E-state index is 0.0312. The van der Waals surface area contributed by atoms with Gasteiger partial charge in [-0.05, 0) is 73.9 Å². The van der Waals surface area contributed by atoms with Crippen molar-refractivity contribution in [2.45, 2.75) is 50.1 Å². The van der Waals surface area contributed by atoms with Crippen molar-refractivity contribution >= 4 is 22.6 Å². The third-order valence-corrected chi connectivity index (χ3v) is 9.79. The van der Waals surface area contributed by atoms with Crippen LogP contribution in [0.5, 0.6) is 6.01 Å². The molecule has 0 bridgehead atoms. The minimum atomic E-state index is -1.11. The van der Waals surface area contributed by atoms with E-state index in [1.54, 1.807) is 11.0 Å². The molecule has 7 rings (SSSR count). The number of fused-ring (bicyclic) bond motifs is 4. The van der Waals surface area contributed by atoms with Gasteiger partial charge >= 0.3 is 6.01 Å². The summed E-state index contributed by atoms with van der Waals surface area (Å²) >= 11 is 0. The van der Waals surface area contributed by atoms with Crippen molar-refractivity contribution in [1.82, 2.24) is 19.8 Å². The molecule has 11 heteroatoms. The molecular weight excluding hydrogens is 569 g/mol. The van der Waals surface area contributed by atoms with Crippen LogP contribution in [0.25, 0.3) is 22.0 Å². The van der Waals surface area contributed by atoms with E-state index in [4.69, 9.17) is 4.74 Å². The Morgan fingerprint density at radius 2 is 2.05 bits per heavy atom. The SMILES string of the molecule is C=C(F)C(=O)N1CCN(c2nc(OC[C@@H]3CCCN3C)nc3c(F)c(-c4cccc5c4C[C@@H]4C[C@H]54)c(F)cc23)C[C@@H]1CC#N. The first-order chi connectivity index (χ1) is 21.2. The van der Waals surface area contributed by atoms with E-state index in [0.29, 0.717) is 24.0 Å². The molecule has 3 heterocycles. The number of rotatable bonds is 7. The molecule has 2 aliphatic heterocycles. The number of benzene rings is 2. The lowest BCUT2D eigenvalue weighted by molar-refractivity contribution is -0.131. The molecule has 3 aromatic rings. The average Bonchev–Trinajstić information content (AvgIpc) is 3.50. The molecule has 2 saturated heterocycles. The van der Waals surface area contributed by atoms with Crippen LogP contribution in [0.3, 0.4) is 0 Å². The zero-order chi connectivity index (χ0) is 30.7. The Hall–Kier alpha value is -4.17. The summed E-state index contributed by atoms with van der Waals surface area (Å²) in [5.41, 5.74) is 2.55. The summed E-state index contributed by atoms with van der Waals surface area (Å²) in [7, 11) is 2.02. The summed E-state index contributed by atoms with van der Waals surface area (Å²) in [6.07, 6.45) is 3.86. The summed E-state index contributed by atoms with van der Waals surface area (Å²) in [5, 5.41) is 9.61. The first kappa shape index (κ1) is 28.6. The van der Waals surface area contributed by atoms with Crippen LogP contribution < -0.4 is 9.64 Å². The van der Waals surface area contributed by atoms with Crippen LogP contribution in [-0.2, 0) is 11.2 Å². The summed E-state index contributed by atoms with van der Waals surface area (Å²) in [6, 6.07) is 8.46. The van der Waals surface area contributed by atoms with Crippen LogP contribution >= 0.6 is 0 Å². The first-order valence-electron chi connectivity index (χ1n) is 15.2. The molecule has 2 aliphatic carbocycles. The number of likely N-dealkylation sites (tertiary alicyclic amines) is 1. The lowest BCUT2D eigenvalue weighted by atomic mass is 9.93. The third-order valence-electron chi connectivity index (χ3n) is 9.79. The third kappa shape index (κ3) is 4.85. The molecule has 4 aliphatic rings. The number of likely N-dealkylation sites (N-methyl/N-ethyl adjacent to an activating group) is 1. The van der Waals surface area contributed by atoms with Crippen LogP contribution in [0.4, 0.5) is 19.0 Å². The van der Waals surface area contributed by atoms with Gasteiger partial charge in [0.25, 0.3) is 5.91 Å². The van der Waals surface area contributed by atoms with Crippen LogP contribution in [0, 0.1) is 28.9 Å². The average molecular weight is 603 g/mol. The van der Waals surface area contributed by atoms with Gasteiger partial charge in [-0.15, -0.1) is 0 Å². The van der Waals surface area contributed by atoms with Gasteiger partial charge in [-0.1, -0.05) is 24.8 Å². The van der Waals surface area contributed by atoms with Gasteiger partial charge in [-0.25, -0.2) is 13.2 Å². The number of carbonyl (C=O) groups excluding carboxylic acids is 1. The Bertz CT molecular complexity index is 1720.